The molecule has 1 unspecified atom stereocenters. The second-order valence-electron chi connectivity index (χ2n) is 5.35. The van der Waals surface area contributed by atoms with Crippen LogP contribution in [0.3, 0.4) is 0 Å². The third-order valence-electron chi connectivity index (χ3n) is 3.47. The number of aromatic nitrogens is 2. The van der Waals surface area contributed by atoms with Crippen molar-refractivity contribution in [1.82, 2.24) is 10.1 Å². The molecule has 0 aliphatic rings. The van der Waals surface area contributed by atoms with Gasteiger partial charge < -0.3 is 10.3 Å². The van der Waals surface area contributed by atoms with Crippen molar-refractivity contribution in [3.05, 3.63) is 11.7 Å². The molecule has 0 radical (unpaired) electrons. The average Bonchev–Trinajstić information content (AvgIpc) is 2.85. The highest BCUT2D eigenvalue weighted by Gasteiger charge is 2.09. The lowest BCUT2D eigenvalue weighted by Gasteiger charge is -2.02. The second kappa shape index (κ2) is 9.96. The first-order chi connectivity index (χ1) is 9.26. The van der Waals surface area contributed by atoms with Gasteiger partial charge in [-0.05, 0) is 12.8 Å². The fourth-order valence-electron chi connectivity index (χ4n) is 2.09. The predicted octanol–water partition coefficient (Wildman–Crippen LogP) is 3.64. The van der Waals surface area contributed by atoms with Gasteiger partial charge in [-0.25, -0.2) is 0 Å². The zero-order valence-corrected chi connectivity index (χ0v) is 12.5. The van der Waals surface area contributed by atoms with Crippen LogP contribution in [-0.2, 0) is 12.8 Å². The van der Waals surface area contributed by atoms with E-state index in [4.69, 9.17) is 10.3 Å². The third kappa shape index (κ3) is 7.31. The van der Waals surface area contributed by atoms with Gasteiger partial charge in [0.15, 0.2) is 5.82 Å². The molecular weight excluding hydrogens is 238 g/mol. The number of rotatable bonds is 11. The highest BCUT2D eigenvalue weighted by atomic mass is 16.5. The lowest BCUT2D eigenvalue weighted by Crippen LogP contribution is -2.22. The molecule has 0 aliphatic heterocycles. The fourth-order valence-corrected chi connectivity index (χ4v) is 2.09. The van der Waals surface area contributed by atoms with Crippen LogP contribution in [0, 0.1) is 0 Å². The number of aryl methyl sites for hydroxylation is 1. The molecule has 1 aromatic heterocycles. The maximum atomic E-state index is 5.87. The van der Waals surface area contributed by atoms with E-state index in [-0.39, 0.29) is 6.04 Å². The van der Waals surface area contributed by atoms with Crippen molar-refractivity contribution < 1.29 is 4.52 Å². The summed E-state index contributed by atoms with van der Waals surface area (Å²) >= 11 is 0. The zero-order chi connectivity index (χ0) is 13.9. The summed E-state index contributed by atoms with van der Waals surface area (Å²) in [5, 5.41) is 3.98. The van der Waals surface area contributed by atoms with Crippen molar-refractivity contribution in [3.8, 4) is 0 Å². The molecule has 0 saturated carbocycles. The van der Waals surface area contributed by atoms with Crippen LogP contribution in [0.15, 0.2) is 4.52 Å². The molecule has 0 bridgehead atoms. The lowest BCUT2D eigenvalue weighted by atomic mass is 10.1. The van der Waals surface area contributed by atoms with E-state index in [0.717, 1.165) is 37.4 Å². The Morgan fingerprint density at radius 3 is 2.42 bits per heavy atom. The molecule has 0 amide bonds. The van der Waals surface area contributed by atoms with Gasteiger partial charge in [0.25, 0.3) is 0 Å². The number of hydrogen-bond donors (Lipinski definition) is 1. The normalized spacial score (nSPS) is 12.8. The van der Waals surface area contributed by atoms with Crippen LogP contribution >= 0.6 is 0 Å². The molecule has 2 N–H and O–H groups in total. The van der Waals surface area contributed by atoms with Crippen molar-refractivity contribution >= 4 is 0 Å². The van der Waals surface area contributed by atoms with Gasteiger partial charge in [-0.3, -0.25) is 0 Å². The summed E-state index contributed by atoms with van der Waals surface area (Å²) in [6.07, 6.45) is 11.7. The van der Waals surface area contributed by atoms with Gasteiger partial charge in [-0.2, -0.15) is 4.98 Å². The van der Waals surface area contributed by atoms with Gasteiger partial charge >= 0.3 is 0 Å². The minimum Gasteiger partial charge on any atom is -0.339 e. The summed E-state index contributed by atoms with van der Waals surface area (Å²) < 4.78 is 5.24. The molecule has 1 aromatic rings. The predicted molar refractivity (Wildman–Crippen MR) is 78.0 cm³/mol. The van der Waals surface area contributed by atoms with Gasteiger partial charge in [0, 0.05) is 18.9 Å². The van der Waals surface area contributed by atoms with Gasteiger partial charge in [0.05, 0.1) is 0 Å². The van der Waals surface area contributed by atoms with E-state index in [2.05, 4.69) is 24.0 Å². The lowest BCUT2D eigenvalue weighted by molar-refractivity contribution is 0.367. The summed E-state index contributed by atoms with van der Waals surface area (Å²) in [5.74, 6) is 1.53. The molecule has 110 valence electrons. The molecule has 1 heterocycles. The van der Waals surface area contributed by atoms with Gasteiger partial charge in [0.1, 0.15) is 0 Å². The van der Waals surface area contributed by atoms with E-state index >= 15 is 0 Å². The van der Waals surface area contributed by atoms with Crippen LogP contribution in [0.25, 0.3) is 0 Å². The van der Waals surface area contributed by atoms with Gasteiger partial charge in [-0.15, -0.1) is 0 Å². The van der Waals surface area contributed by atoms with Crippen LogP contribution in [-0.4, -0.2) is 16.2 Å². The average molecular weight is 267 g/mol. The Hall–Kier alpha value is -0.900. The minimum absolute atomic E-state index is 0.143. The highest BCUT2D eigenvalue weighted by molar-refractivity contribution is 4.89. The molecular formula is C15H29N3O. The van der Waals surface area contributed by atoms with E-state index < -0.39 is 0 Å². The monoisotopic (exact) mass is 267 g/mol. The van der Waals surface area contributed by atoms with Crippen molar-refractivity contribution in [2.24, 2.45) is 5.73 Å². The van der Waals surface area contributed by atoms with Gasteiger partial charge in [0.2, 0.25) is 5.89 Å². The van der Waals surface area contributed by atoms with Crippen LogP contribution in [0.4, 0.5) is 0 Å². The Kier molecular flexibility index (Phi) is 8.47. The largest absolute Gasteiger partial charge is 0.339 e. The molecule has 0 fully saturated rings. The highest BCUT2D eigenvalue weighted by Crippen LogP contribution is 2.10. The summed E-state index contributed by atoms with van der Waals surface area (Å²) in [4.78, 5) is 4.39. The van der Waals surface area contributed by atoms with Crippen molar-refractivity contribution in [2.45, 2.75) is 84.1 Å². The zero-order valence-electron chi connectivity index (χ0n) is 12.5. The molecule has 1 rings (SSSR count). The number of nitrogens with two attached hydrogens (primary N) is 1. The van der Waals surface area contributed by atoms with Crippen molar-refractivity contribution in [2.75, 3.05) is 0 Å². The number of hydrogen-bond acceptors (Lipinski definition) is 4. The smallest absolute Gasteiger partial charge is 0.226 e. The minimum atomic E-state index is 0.143. The van der Waals surface area contributed by atoms with Crippen molar-refractivity contribution in [3.63, 3.8) is 0 Å². The first kappa shape index (κ1) is 16.2. The van der Waals surface area contributed by atoms with Crippen LogP contribution in [0.2, 0.25) is 0 Å². The Morgan fingerprint density at radius 2 is 1.74 bits per heavy atom. The fraction of sp³-hybridized carbons (Fsp3) is 0.867. The van der Waals surface area contributed by atoms with Crippen molar-refractivity contribution in [1.29, 1.82) is 0 Å². The second-order valence-corrected chi connectivity index (χ2v) is 5.35. The molecule has 0 spiro atoms. The molecule has 19 heavy (non-hydrogen) atoms. The van der Waals surface area contributed by atoms with Gasteiger partial charge in [-0.1, -0.05) is 57.5 Å². The van der Waals surface area contributed by atoms with E-state index in [1.165, 1.54) is 38.5 Å². The Bertz CT molecular complexity index is 325. The maximum absolute atomic E-state index is 5.87. The summed E-state index contributed by atoms with van der Waals surface area (Å²) in [6.45, 7) is 4.32. The molecule has 0 aromatic carbocycles. The molecule has 1 atom stereocenters. The molecule has 4 nitrogen and oxygen atoms in total. The van der Waals surface area contributed by atoms with E-state index in [9.17, 15) is 0 Å². The van der Waals surface area contributed by atoms with Crippen LogP contribution < -0.4 is 5.73 Å². The summed E-state index contributed by atoms with van der Waals surface area (Å²) in [5.41, 5.74) is 5.87. The Balaban J connectivity index is 2.09. The van der Waals surface area contributed by atoms with E-state index in [1.807, 2.05) is 0 Å². The number of unbranched alkanes of at least 4 members (excludes halogenated alkanes) is 6. The third-order valence-corrected chi connectivity index (χ3v) is 3.47. The first-order valence-corrected chi connectivity index (χ1v) is 7.83. The van der Waals surface area contributed by atoms with E-state index in [1.54, 1.807) is 0 Å². The summed E-state index contributed by atoms with van der Waals surface area (Å²) in [6, 6.07) is 0.143. The standard InChI is InChI=1S/C15H29N3O/c1-3-5-6-7-8-9-10-11-15-17-14(18-19-15)12-13(16)4-2/h13H,3-12,16H2,1-2H3. The Morgan fingerprint density at radius 1 is 1.05 bits per heavy atom. The molecule has 4 heteroatoms. The Labute approximate surface area is 117 Å². The quantitative estimate of drug-likeness (QED) is 0.622. The summed E-state index contributed by atoms with van der Waals surface area (Å²) in [7, 11) is 0. The van der Waals surface area contributed by atoms with Crippen LogP contribution in [0.5, 0.6) is 0 Å². The molecule has 0 aliphatic carbocycles. The topological polar surface area (TPSA) is 64.9 Å². The first-order valence-electron chi connectivity index (χ1n) is 7.83. The number of nitrogens with zero attached hydrogens (tertiary/aromatic N) is 2. The maximum Gasteiger partial charge on any atom is 0.226 e. The molecule has 0 saturated heterocycles. The van der Waals surface area contributed by atoms with E-state index in [0.29, 0.717) is 0 Å². The van der Waals surface area contributed by atoms with Crippen LogP contribution in [0.1, 0.15) is 76.9 Å². The SMILES string of the molecule is CCCCCCCCCc1nc(CC(N)CC)no1.